The minimum absolute atomic E-state index is 0.0131. The standard InChI is InChI=1S/C14H20FNO/c1-9(2)16-8-13(11(4)17)12-6-5-10(3)7-14(12)15/h5-7,9,13,16H,8H2,1-4H3/t13-/m1/s1. The molecule has 1 N–H and O–H groups in total. The van der Waals surface area contributed by atoms with E-state index in [-0.39, 0.29) is 17.6 Å². The van der Waals surface area contributed by atoms with Crippen molar-refractivity contribution < 1.29 is 9.18 Å². The first-order valence-corrected chi connectivity index (χ1v) is 5.91. The highest BCUT2D eigenvalue weighted by Crippen LogP contribution is 2.21. The Bertz CT molecular complexity index is 401. The number of hydrogen-bond acceptors (Lipinski definition) is 2. The van der Waals surface area contributed by atoms with Crippen LogP contribution in [0.1, 0.15) is 37.8 Å². The largest absolute Gasteiger partial charge is 0.313 e. The predicted molar refractivity (Wildman–Crippen MR) is 67.7 cm³/mol. The molecular formula is C14H20FNO. The zero-order valence-electron chi connectivity index (χ0n) is 10.9. The number of ketones is 1. The van der Waals surface area contributed by atoms with Crippen molar-refractivity contribution in [3.8, 4) is 0 Å². The number of carbonyl (C=O) groups excluding carboxylic acids is 1. The third-order valence-electron chi connectivity index (χ3n) is 2.75. The number of hydrogen-bond donors (Lipinski definition) is 1. The zero-order chi connectivity index (χ0) is 13.0. The summed E-state index contributed by atoms with van der Waals surface area (Å²) in [6.45, 7) is 7.83. The Labute approximate surface area is 102 Å². The number of rotatable bonds is 5. The van der Waals surface area contributed by atoms with Gasteiger partial charge in [0.05, 0.1) is 5.92 Å². The van der Waals surface area contributed by atoms with E-state index in [1.807, 2.05) is 26.8 Å². The molecule has 1 aromatic rings. The maximum absolute atomic E-state index is 13.8. The van der Waals surface area contributed by atoms with Crippen LogP contribution in [-0.2, 0) is 4.79 Å². The topological polar surface area (TPSA) is 29.1 Å². The van der Waals surface area contributed by atoms with E-state index in [4.69, 9.17) is 0 Å². The summed E-state index contributed by atoms with van der Waals surface area (Å²) in [6, 6.07) is 5.30. The lowest BCUT2D eigenvalue weighted by atomic mass is 9.94. The van der Waals surface area contributed by atoms with Crippen LogP contribution in [0.25, 0.3) is 0 Å². The fraction of sp³-hybridized carbons (Fsp3) is 0.500. The lowest BCUT2D eigenvalue weighted by Crippen LogP contribution is -2.31. The van der Waals surface area contributed by atoms with E-state index in [0.29, 0.717) is 12.1 Å². The smallest absolute Gasteiger partial charge is 0.138 e. The molecule has 2 nitrogen and oxygen atoms in total. The lowest BCUT2D eigenvalue weighted by molar-refractivity contribution is -0.118. The second-order valence-electron chi connectivity index (χ2n) is 4.75. The van der Waals surface area contributed by atoms with Crippen LogP contribution in [0.2, 0.25) is 0 Å². The maximum atomic E-state index is 13.8. The number of benzene rings is 1. The Morgan fingerprint density at radius 3 is 2.53 bits per heavy atom. The molecular weight excluding hydrogens is 217 g/mol. The molecule has 94 valence electrons. The van der Waals surface area contributed by atoms with Crippen LogP contribution in [-0.4, -0.2) is 18.4 Å². The number of nitrogens with one attached hydrogen (secondary N) is 1. The number of carbonyl (C=O) groups is 1. The van der Waals surface area contributed by atoms with Crippen molar-refractivity contribution in [1.82, 2.24) is 5.32 Å². The van der Waals surface area contributed by atoms with Gasteiger partial charge in [0, 0.05) is 12.6 Å². The van der Waals surface area contributed by atoms with E-state index >= 15 is 0 Å². The Kier molecular flexibility index (Phi) is 4.82. The highest BCUT2D eigenvalue weighted by molar-refractivity contribution is 5.83. The molecule has 0 radical (unpaired) electrons. The summed E-state index contributed by atoms with van der Waals surface area (Å²) in [5.41, 5.74) is 1.35. The molecule has 17 heavy (non-hydrogen) atoms. The second-order valence-corrected chi connectivity index (χ2v) is 4.75. The summed E-state index contributed by atoms with van der Waals surface area (Å²) in [6.07, 6.45) is 0. The molecule has 0 heterocycles. The molecule has 0 fully saturated rings. The lowest BCUT2D eigenvalue weighted by Gasteiger charge is -2.18. The molecule has 1 atom stereocenters. The molecule has 0 aromatic heterocycles. The van der Waals surface area contributed by atoms with Gasteiger partial charge in [-0.25, -0.2) is 4.39 Å². The highest BCUT2D eigenvalue weighted by Gasteiger charge is 2.20. The molecule has 0 bridgehead atoms. The fourth-order valence-corrected chi connectivity index (χ4v) is 1.74. The third-order valence-corrected chi connectivity index (χ3v) is 2.75. The van der Waals surface area contributed by atoms with Crippen LogP contribution >= 0.6 is 0 Å². The SMILES string of the molecule is CC(=O)[C@@H](CNC(C)C)c1ccc(C)cc1F. The number of halogens is 1. The van der Waals surface area contributed by atoms with Gasteiger partial charge in [-0.3, -0.25) is 4.79 Å². The minimum atomic E-state index is -0.405. The minimum Gasteiger partial charge on any atom is -0.313 e. The second kappa shape index (κ2) is 5.92. The average Bonchev–Trinajstić information content (AvgIpc) is 2.20. The molecule has 0 unspecified atom stereocenters. The summed E-state index contributed by atoms with van der Waals surface area (Å²) in [5, 5.41) is 3.18. The molecule has 0 aliphatic rings. The summed E-state index contributed by atoms with van der Waals surface area (Å²) < 4.78 is 13.8. The zero-order valence-corrected chi connectivity index (χ0v) is 10.9. The summed E-state index contributed by atoms with van der Waals surface area (Å²) >= 11 is 0. The summed E-state index contributed by atoms with van der Waals surface area (Å²) in [7, 11) is 0. The van der Waals surface area contributed by atoms with Crippen molar-refractivity contribution in [2.75, 3.05) is 6.54 Å². The highest BCUT2D eigenvalue weighted by atomic mass is 19.1. The van der Waals surface area contributed by atoms with Crippen molar-refractivity contribution in [3.63, 3.8) is 0 Å². The monoisotopic (exact) mass is 237 g/mol. The van der Waals surface area contributed by atoms with Crippen molar-refractivity contribution in [2.24, 2.45) is 0 Å². The summed E-state index contributed by atoms with van der Waals surface area (Å²) in [4.78, 5) is 11.6. The quantitative estimate of drug-likeness (QED) is 0.853. The van der Waals surface area contributed by atoms with Gasteiger partial charge in [-0.1, -0.05) is 26.0 Å². The van der Waals surface area contributed by atoms with Crippen molar-refractivity contribution in [2.45, 2.75) is 39.7 Å². The normalized spacial score (nSPS) is 12.8. The Balaban J connectivity index is 2.93. The van der Waals surface area contributed by atoms with E-state index in [1.165, 1.54) is 13.0 Å². The Morgan fingerprint density at radius 2 is 2.06 bits per heavy atom. The summed E-state index contributed by atoms with van der Waals surface area (Å²) in [5.74, 6) is -0.713. The van der Waals surface area contributed by atoms with E-state index < -0.39 is 5.92 Å². The van der Waals surface area contributed by atoms with Gasteiger partial charge in [0.15, 0.2) is 0 Å². The van der Waals surface area contributed by atoms with Crippen LogP contribution in [0.4, 0.5) is 4.39 Å². The predicted octanol–water partition coefficient (Wildman–Crippen LogP) is 2.80. The van der Waals surface area contributed by atoms with Gasteiger partial charge in [0.2, 0.25) is 0 Å². The average molecular weight is 237 g/mol. The van der Waals surface area contributed by atoms with Crippen LogP contribution in [0.3, 0.4) is 0 Å². The molecule has 0 aliphatic heterocycles. The molecule has 0 saturated carbocycles. The first-order chi connectivity index (χ1) is 7.91. The molecule has 1 aromatic carbocycles. The van der Waals surface area contributed by atoms with Gasteiger partial charge in [0.25, 0.3) is 0 Å². The van der Waals surface area contributed by atoms with E-state index in [1.54, 1.807) is 6.07 Å². The molecule has 3 heteroatoms. The van der Waals surface area contributed by atoms with Crippen molar-refractivity contribution in [3.05, 3.63) is 35.1 Å². The van der Waals surface area contributed by atoms with Crippen LogP contribution in [0.15, 0.2) is 18.2 Å². The van der Waals surface area contributed by atoms with Gasteiger partial charge in [0.1, 0.15) is 11.6 Å². The number of aryl methyl sites for hydroxylation is 1. The molecule has 0 amide bonds. The molecule has 0 aliphatic carbocycles. The first-order valence-electron chi connectivity index (χ1n) is 5.91. The van der Waals surface area contributed by atoms with E-state index in [0.717, 1.165) is 5.56 Å². The van der Waals surface area contributed by atoms with Gasteiger partial charge in [-0.05, 0) is 31.0 Å². The molecule has 1 rings (SSSR count). The Morgan fingerprint density at radius 1 is 1.41 bits per heavy atom. The number of Topliss-reactive ketones (excluding diaryl/α,β-unsaturated/α-hetero) is 1. The van der Waals surface area contributed by atoms with Gasteiger partial charge >= 0.3 is 0 Å². The van der Waals surface area contributed by atoms with Crippen molar-refractivity contribution >= 4 is 5.78 Å². The van der Waals surface area contributed by atoms with Crippen LogP contribution in [0, 0.1) is 12.7 Å². The van der Waals surface area contributed by atoms with Gasteiger partial charge in [-0.2, -0.15) is 0 Å². The third kappa shape index (κ3) is 3.93. The fourth-order valence-electron chi connectivity index (χ4n) is 1.74. The van der Waals surface area contributed by atoms with Crippen LogP contribution in [0.5, 0.6) is 0 Å². The first kappa shape index (κ1) is 13.8. The van der Waals surface area contributed by atoms with E-state index in [2.05, 4.69) is 5.32 Å². The Hall–Kier alpha value is -1.22. The molecule has 0 saturated heterocycles. The molecule has 0 spiro atoms. The van der Waals surface area contributed by atoms with Crippen LogP contribution < -0.4 is 5.32 Å². The van der Waals surface area contributed by atoms with Gasteiger partial charge < -0.3 is 5.32 Å². The van der Waals surface area contributed by atoms with Gasteiger partial charge in [-0.15, -0.1) is 0 Å². The van der Waals surface area contributed by atoms with E-state index in [9.17, 15) is 9.18 Å². The van der Waals surface area contributed by atoms with Crippen molar-refractivity contribution in [1.29, 1.82) is 0 Å². The maximum Gasteiger partial charge on any atom is 0.138 e.